The minimum absolute atomic E-state index is 0.115. The molecule has 0 aromatic heterocycles. The highest BCUT2D eigenvalue weighted by atomic mass is 127. The van der Waals surface area contributed by atoms with Gasteiger partial charge in [-0.15, -0.1) is 0 Å². The van der Waals surface area contributed by atoms with Crippen LogP contribution in [0.2, 0.25) is 0 Å². The summed E-state index contributed by atoms with van der Waals surface area (Å²) in [5.41, 5.74) is 0.764. The lowest BCUT2D eigenvalue weighted by molar-refractivity contribution is -0.384. The van der Waals surface area contributed by atoms with Crippen molar-refractivity contribution in [1.29, 1.82) is 0 Å². The quantitative estimate of drug-likeness (QED) is 0.270. The Bertz CT molecular complexity index is 406. The zero-order valence-electron chi connectivity index (χ0n) is 9.90. The molecule has 0 heterocycles. The van der Waals surface area contributed by atoms with E-state index in [1.165, 1.54) is 29.7 Å². The number of hydrogen-bond acceptors (Lipinski definition) is 4. The van der Waals surface area contributed by atoms with Gasteiger partial charge in [-0.2, -0.15) is 0 Å². The van der Waals surface area contributed by atoms with Gasteiger partial charge in [-0.1, -0.05) is 35.6 Å². The van der Waals surface area contributed by atoms with Gasteiger partial charge in [0.25, 0.3) is 5.69 Å². The van der Waals surface area contributed by atoms with Crippen molar-refractivity contribution < 1.29 is 14.5 Å². The summed E-state index contributed by atoms with van der Waals surface area (Å²) in [4.78, 5) is 21.0. The first-order valence-corrected chi connectivity index (χ1v) is 6.39. The Kier molecular flexibility index (Phi) is 7.44. The first-order valence-electron chi connectivity index (χ1n) is 4.87. The van der Waals surface area contributed by atoms with Gasteiger partial charge in [-0.05, 0) is 16.9 Å². The highest BCUT2D eigenvalue weighted by Gasteiger charge is 2.14. The third-order valence-corrected chi connectivity index (χ3v) is 1.84. The number of hydrogen-bond donors (Lipinski definition) is 0. The molecule has 0 N–H and O–H groups in total. The van der Waals surface area contributed by atoms with E-state index in [1.54, 1.807) is 6.92 Å². The Hall–Kier alpha value is -1.18. The van der Waals surface area contributed by atoms with Crippen LogP contribution in [0.1, 0.15) is 22.8 Å². The summed E-state index contributed by atoms with van der Waals surface area (Å²) in [6.07, 6.45) is 0. The van der Waals surface area contributed by atoms with E-state index >= 15 is 0 Å². The number of carbonyl (C=O) groups is 1. The van der Waals surface area contributed by atoms with Crippen molar-refractivity contribution in [3.8, 4) is 0 Å². The SMILES string of the molecule is CCI.COC(=O)c1cc([N+](=O)[O-])ccc1C. The molecule has 0 radical (unpaired) electrons. The molecule has 0 atom stereocenters. The molecule has 0 saturated carbocycles. The molecular weight excluding hydrogens is 337 g/mol. The number of nitro groups is 1. The summed E-state index contributed by atoms with van der Waals surface area (Å²) >= 11 is 2.29. The van der Waals surface area contributed by atoms with Crippen molar-refractivity contribution in [3.63, 3.8) is 0 Å². The molecule has 17 heavy (non-hydrogen) atoms. The molecule has 1 aromatic carbocycles. The highest BCUT2D eigenvalue weighted by Crippen LogP contribution is 2.17. The Morgan fingerprint density at radius 3 is 2.47 bits per heavy atom. The molecule has 0 aliphatic heterocycles. The monoisotopic (exact) mass is 351 g/mol. The van der Waals surface area contributed by atoms with E-state index < -0.39 is 10.9 Å². The number of non-ortho nitro benzene ring substituents is 1. The molecule has 6 heteroatoms. The van der Waals surface area contributed by atoms with Crippen molar-refractivity contribution >= 4 is 34.2 Å². The second-order valence-corrected chi connectivity index (χ2v) is 4.54. The normalized spacial score (nSPS) is 8.94. The maximum Gasteiger partial charge on any atom is 0.338 e. The number of carbonyl (C=O) groups excluding carboxylic acids is 1. The van der Waals surface area contributed by atoms with E-state index in [0.29, 0.717) is 5.56 Å². The standard InChI is InChI=1S/C9H9NO4.C2H5I/c1-6-3-4-7(10(12)13)5-8(6)9(11)14-2;1-2-3/h3-5H,1-2H3;2H2,1H3. The van der Waals surface area contributed by atoms with Gasteiger partial charge in [-0.3, -0.25) is 10.1 Å². The molecule has 1 aromatic rings. The van der Waals surface area contributed by atoms with Gasteiger partial charge in [0.1, 0.15) is 0 Å². The molecule has 0 saturated heterocycles. The van der Waals surface area contributed by atoms with Crippen LogP contribution >= 0.6 is 22.6 Å². The summed E-state index contributed by atoms with van der Waals surface area (Å²) < 4.78 is 5.71. The summed E-state index contributed by atoms with van der Waals surface area (Å²) in [5.74, 6) is -0.564. The molecule has 1 rings (SSSR count). The number of alkyl halides is 1. The fourth-order valence-corrected chi connectivity index (χ4v) is 1.05. The van der Waals surface area contributed by atoms with Gasteiger partial charge in [-0.25, -0.2) is 4.79 Å². The summed E-state index contributed by atoms with van der Waals surface area (Å²) in [6.45, 7) is 3.80. The molecule has 0 aliphatic carbocycles. The van der Waals surface area contributed by atoms with Gasteiger partial charge in [0.05, 0.1) is 17.6 Å². The van der Waals surface area contributed by atoms with Gasteiger partial charge in [0.2, 0.25) is 0 Å². The predicted octanol–water partition coefficient (Wildman–Crippen LogP) is 3.13. The molecule has 0 fully saturated rings. The topological polar surface area (TPSA) is 69.4 Å². The number of rotatable bonds is 2. The minimum Gasteiger partial charge on any atom is -0.465 e. The maximum atomic E-state index is 11.2. The number of aryl methyl sites for hydroxylation is 1. The van der Waals surface area contributed by atoms with Crippen LogP contribution in [0.3, 0.4) is 0 Å². The van der Waals surface area contributed by atoms with Crippen LogP contribution in [0.15, 0.2) is 18.2 Å². The number of methoxy groups -OCH3 is 1. The zero-order valence-corrected chi connectivity index (χ0v) is 12.1. The second kappa shape index (κ2) is 7.99. The van der Waals surface area contributed by atoms with Crippen LogP contribution in [0.25, 0.3) is 0 Å². The average Bonchev–Trinajstić information content (AvgIpc) is 2.29. The summed E-state index contributed by atoms with van der Waals surface area (Å²) in [7, 11) is 1.24. The molecule has 5 nitrogen and oxygen atoms in total. The van der Waals surface area contributed by atoms with Gasteiger partial charge >= 0.3 is 5.97 Å². The van der Waals surface area contributed by atoms with Crippen LogP contribution in [0, 0.1) is 17.0 Å². The lowest BCUT2D eigenvalue weighted by Gasteiger charge is -2.02. The van der Waals surface area contributed by atoms with Crippen LogP contribution in [0.5, 0.6) is 0 Å². The van der Waals surface area contributed by atoms with Crippen LogP contribution < -0.4 is 0 Å². The number of esters is 1. The largest absolute Gasteiger partial charge is 0.465 e. The van der Waals surface area contributed by atoms with Crippen LogP contribution in [-0.4, -0.2) is 22.4 Å². The van der Waals surface area contributed by atoms with Crippen LogP contribution in [0.4, 0.5) is 5.69 Å². The van der Waals surface area contributed by atoms with E-state index in [1.807, 2.05) is 0 Å². The highest BCUT2D eigenvalue weighted by molar-refractivity contribution is 14.1. The summed E-state index contributed by atoms with van der Waals surface area (Å²) in [6, 6.07) is 4.08. The van der Waals surface area contributed by atoms with Crippen molar-refractivity contribution in [2.24, 2.45) is 0 Å². The van der Waals surface area contributed by atoms with Gasteiger partial charge in [0.15, 0.2) is 0 Å². The second-order valence-electron chi connectivity index (χ2n) is 3.02. The van der Waals surface area contributed by atoms with E-state index in [0.717, 1.165) is 0 Å². The van der Waals surface area contributed by atoms with Crippen molar-refractivity contribution in [1.82, 2.24) is 0 Å². The molecule has 0 spiro atoms. The Morgan fingerprint density at radius 2 is 2.06 bits per heavy atom. The van der Waals surface area contributed by atoms with Gasteiger partial charge in [0, 0.05) is 12.1 Å². The summed E-state index contributed by atoms with van der Waals surface area (Å²) in [5, 5.41) is 10.4. The number of nitro benzene ring substituents is 1. The number of benzene rings is 1. The van der Waals surface area contributed by atoms with E-state index in [4.69, 9.17) is 0 Å². The zero-order chi connectivity index (χ0) is 13.4. The fraction of sp³-hybridized carbons (Fsp3) is 0.364. The Morgan fingerprint density at radius 1 is 1.53 bits per heavy atom. The van der Waals surface area contributed by atoms with Crippen molar-refractivity contribution in [2.45, 2.75) is 13.8 Å². The Labute approximate surface area is 113 Å². The smallest absolute Gasteiger partial charge is 0.338 e. The molecule has 94 valence electrons. The molecule has 0 amide bonds. The Balaban J connectivity index is 0.000000770. The lowest BCUT2D eigenvalue weighted by atomic mass is 10.1. The number of halogens is 1. The molecule has 0 bridgehead atoms. The predicted molar refractivity (Wildman–Crippen MR) is 73.7 cm³/mol. The van der Waals surface area contributed by atoms with Gasteiger partial charge < -0.3 is 4.74 Å². The third kappa shape index (κ3) is 5.12. The average molecular weight is 351 g/mol. The first-order chi connectivity index (χ1) is 7.97. The van der Waals surface area contributed by atoms with E-state index in [2.05, 4.69) is 34.3 Å². The molecule has 0 unspecified atom stereocenters. The molecule has 0 aliphatic rings. The lowest BCUT2D eigenvalue weighted by Crippen LogP contribution is -2.04. The van der Waals surface area contributed by atoms with Crippen molar-refractivity contribution in [3.05, 3.63) is 39.4 Å². The maximum absolute atomic E-state index is 11.2. The minimum atomic E-state index is -0.564. The first kappa shape index (κ1) is 15.8. The van der Waals surface area contributed by atoms with E-state index in [9.17, 15) is 14.9 Å². The van der Waals surface area contributed by atoms with Crippen molar-refractivity contribution in [2.75, 3.05) is 11.5 Å². The van der Waals surface area contributed by atoms with E-state index in [-0.39, 0.29) is 11.3 Å². The number of ether oxygens (including phenoxy) is 1. The van der Waals surface area contributed by atoms with Crippen LogP contribution in [-0.2, 0) is 4.74 Å². The number of nitrogens with zero attached hydrogens (tertiary/aromatic N) is 1. The fourth-order valence-electron chi connectivity index (χ4n) is 1.05. The third-order valence-electron chi connectivity index (χ3n) is 1.84. The molecular formula is C11H14INO4.